The summed E-state index contributed by atoms with van der Waals surface area (Å²) in [6.07, 6.45) is 0. The number of para-hydroxylation sites is 1. The zero-order valence-electron chi connectivity index (χ0n) is 14.5. The predicted octanol–water partition coefficient (Wildman–Crippen LogP) is 4.54. The van der Waals surface area contributed by atoms with Crippen LogP contribution in [-0.4, -0.2) is 21.9 Å². The molecule has 0 spiro atoms. The molecule has 1 unspecified atom stereocenters. The number of hydrogen-bond acceptors (Lipinski definition) is 4. The second kappa shape index (κ2) is 7.97. The minimum Gasteiger partial charge on any atom is -0.357 e. The van der Waals surface area contributed by atoms with Crippen LogP contribution in [0.25, 0.3) is 11.4 Å². The second-order valence-corrected chi connectivity index (χ2v) is 6.26. The molecule has 0 saturated heterocycles. The van der Waals surface area contributed by atoms with Crippen LogP contribution in [-0.2, 0) is 4.79 Å². The zero-order chi connectivity index (χ0) is 18.5. The molecule has 0 saturated carbocycles. The molecule has 3 aromatic rings. The normalized spacial score (nSPS) is 11.7. The van der Waals surface area contributed by atoms with Gasteiger partial charge >= 0.3 is 0 Å². The highest BCUT2D eigenvalue weighted by atomic mass is 35.5. The van der Waals surface area contributed by atoms with Crippen molar-refractivity contribution in [1.82, 2.24) is 9.97 Å². The van der Waals surface area contributed by atoms with Crippen molar-refractivity contribution in [2.45, 2.75) is 19.9 Å². The maximum absolute atomic E-state index is 12.4. The molecule has 5 nitrogen and oxygen atoms in total. The maximum Gasteiger partial charge on any atom is 0.246 e. The lowest BCUT2D eigenvalue weighted by Crippen LogP contribution is -2.32. The van der Waals surface area contributed by atoms with Crippen LogP contribution in [0.4, 0.5) is 11.5 Å². The smallest absolute Gasteiger partial charge is 0.246 e. The largest absolute Gasteiger partial charge is 0.357 e. The lowest BCUT2D eigenvalue weighted by atomic mass is 10.2. The highest BCUT2D eigenvalue weighted by Gasteiger charge is 2.17. The van der Waals surface area contributed by atoms with Crippen LogP contribution in [0.15, 0.2) is 60.7 Å². The number of anilines is 2. The number of rotatable bonds is 5. The second-order valence-electron chi connectivity index (χ2n) is 5.88. The van der Waals surface area contributed by atoms with Crippen LogP contribution in [0.5, 0.6) is 0 Å². The number of amides is 1. The number of aromatic nitrogens is 2. The third-order valence-corrected chi connectivity index (χ3v) is 4.29. The molecule has 0 bridgehead atoms. The van der Waals surface area contributed by atoms with Crippen molar-refractivity contribution in [3.05, 3.63) is 71.4 Å². The topological polar surface area (TPSA) is 66.9 Å². The molecule has 2 N–H and O–H groups in total. The van der Waals surface area contributed by atoms with Crippen molar-refractivity contribution >= 4 is 29.0 Å². The predicted molar refractivity (Wildman–Crippen MR) is 105 cm³/mol. The molecule has 0 fully saturated rings. The average Bonchev–Trinajstić information content (AvgIpc) is 2.66. The number of hydrogen-bond donors (Lipinski definition) is 2. The van der Waals surface area contributed by atoms with E-state index in [0.717, 1.165) is 11.3 Å². The van der Waals surface area contributed by atoms with Gasteiger partial charge in [-0.25, -0.2) is 9.97 Å². The standard InChI is InChI=1S/C20H19ClN4O/c1-13-17(21)19(25-18(22-13)15-9-5-3-6-10-15)23-14(2)20(26)24-16-11-7-4-8-12-16/h3-12,14H,1-2H3,(H,24,26)(H,22,23,25). The SMILES string of the molecule is Cc1nc(-c2ccccc2)nc(NC(C)C(=O)Nc2ccccc2)c1Cl. The Kier molecular flexibility index (Phi) is 5.49. The lowest BCUT2D eigenvalue weighted by Gasteiger charge is -2.17. The van der Waals surface area contributed by atoms with Crippen LogP contribution >= 0.6 is 11.6 Å². The molecule has 0 radical (unpaired) electrons. The van der Waals surface area contributed by atoms with E-state index in [0.29, 0.717) is 22.4 Å². The van der Waals surface area contributed by atoms with Crippen LogP contribution in [0.2, 0.25) is 5.02 Å². The van der Waals surface area contributed by atoms with Crippen molar-refractivity contribution in [2.24, 2.45) is 0 Å². The Morgan fingerprint density at radius 2 is 1.62 bits per heavy atom. The van der Waals surface area contributed by atoms with Crippen LogP contribution < -0.4 is 10.6 Å². The molecule has 1 atom stereocenters. The van der Waals surface area contributed by atoms with E-state index in [1.54, 1.807) is 6.92 Å². The Labute approximate surface area is 157 Å². The molecule has 132 valence electrons. The molecule has 1 heterocycles. The number of halogens is 1. The number of aryl methyl sites for hydroxylation is 1. The van der Waals surface area contributed by atoms with E-state index in [4.69, 9.17) is 11.6 Å². The van der Waals surface area contributed by atoms with E-state index in [1.807, 2.05) is 67.6 Å². The molecule has 0 aliphatic heterocycles. The number of carbonyl (C=O) groups is 1. The van der Waals surface area contributed by atoms with Gasteiger partial charge < -0.3 is 10.6 Å². The molecule has 0 aliphatic carbocycles. The summed E-state index contributed by atoms with van der Waals surface area (Å²) in [5.41, 5.74) is 2.27. The Morgan fingerprint density at radius 1 is 1.00 bits per heavy atom. The summed E-state index contributed by atoms with van der Waals surface area (Å²) < 4.78 is 0. The van der Waals surface area contributed by atoms with E-state index in [2.05, 4.69) is 20.6 Å². The Morgan fingerprint density at radius 3 is 2.27 bits per heavy atom. The quantitative estimate of drug-likeness (QED) is 0.695. The molecular weight excluding hydrogens is 348 g/mol. The fraction of sp³-hybridized carbons (Fsp3) is 0.150. The zero-order valence-corrected chi connectivity index (χ0v) is 15.3. The van der Waals surface area contributed by atoms with Crippen molar-refractivity contribution < 1.29 is 4.79 Å². The average molecular weight is 367 g/mol. The molecule has 6 heteroatoms. The van der Waals surface area contributed by atoms with Gasteiger partial charge in [0.1, 0.15) is 16.9 Å². The molecule has 1 aromatic heterocycles. The summed E-state index contributed by atoms with van der Waals surface area (Å²) in [6.45, 7) is 3.57. The summed E-state index contributed by atoms with van der Waals surface area (Å²) in [6, 6.07) is 18.4. The van der Waals surface area contributed by atoms with Gasteiger partial charge in [-0.3, -0.25) is 4.79 Å². The Balaban J connectivity index is 1.80. The number of benzene rings is 2. The summed E-state index contributed by atoms with van der Waals surface area (Å²) in [4.78, 5) is 21.3. The number of nitrogens with one attached hydrogen (secondary N) is 2. The molecule has 3 rings (SSSR count). The minimum absolute atomic E-state index is 0.176. The van der Waals surface area contributed by atoms with E-state index in [-0.39, 0.29) is 5.91 Å². The van der Waals surface area contributed by atoms with Gasteiger partial charge in [0.15, 0.2) is 5.82 Å². The van der Waals surface area contributed by atoms with Crippen LogP contribution in [0.1, 0.15) is 12.6 Å². The van der Waals surface area contributed by atoms with Crippen molar-refractivity contribution in [3.63, 3.8) is 0 Å². The first kappa shape index (κ1) is 17.9. The maximum atomic E-state index is 12.4. The first-order valence-electron chi connectivity index (χ1n) is 8.26. The van der Waals surface area contributed by atoms with Crippen molar-refractivity contribution in [3.8, 4) is 11.4 Å². The van der Waals surface area contributed by atoms with Gasteiger partial charge in [-0.05, 0) is 26.0 Å². The third-order valence-electron chi connectivity index (χ3n) is 3.84. The molecule has 2 aromatic carbocycles. The van der Waals surface area contributed by atoms with Gasteiger partial charge in [0, 0.05) is 11.3 Å². The van der Waals surface area contributed by atoms with Gasteiger partial charge in [-0.1, -0.05) is 60.1 Å². The van der Waals surface area contributed by atoms with E-state index >= 15 is 0 Å². The lowest BCUT2D eigenvalue weighted by molar-refractivity contribution is -0.116. The minimum atomic E-state index is -0.523. The molecule has 0 aliphatic rings. The Hall–Kier alpha value is -2.92. The first-order valence-corrected chi connectivity index (χ1v) is 8.64. The highest BCUT2D eigenvalue weighted by molar-refractivity contribution is 6.33. The molecule has 1 amide bonds. The van der Waals surface area contributed by atoms with E-state index in [1.165, 1.54) is 0 Å². The summed E-state index contributed by atoms with van der Waals surface area (Å²) in [7, 11) is 0. The summed E-state index contributed by atoms with van der Waals surface area (Å²) in [5, 5.41) is 6.35. The fourth-order valence-corrected chi connectivity index (χ4v) is 2.55. The summed E-state index contributed by atoms with van der Waals surface area (Å²) >= 11 is 6.34. The van der Waals surface area contributed by atoms with Crippen molar-refractivity contribution in [2.75, 3.05) is 10.6 Å². The van der Waals surface area contributed by atoms with Gasteiger partial charge in [0.2, 0.25) is 5.91 Å². The first-order chi connectivity index (χ1) is 12.5. The van der Waals surface area contributed by atoms with Gasteiger partial charge in [-0.2, -0.15) is 0 Å². The molecular formula is C20H19ClN4O. The van der Waals surface area contributed by atoms with Gasteiger partial charge in [-0.15, -0.1) is 0 Å². The Bertz CT molecular complexity index is 900. The summed E-state index contributed by atoms with van der Waals surface area (Å²) in [5.74, 6) is 0.823. The monoisotopic (exact) mass is 366 g/mol. The number of nitrogens with zero attached hydrogens (tertiary/aromatic N) is 2. The van der Waals surface area contributed by atoms with Crippen LogP contribution in [0, 0.1) is 6.92 Å². The van der Waals surface area contributed by atoms with E-state index < -0.39 is 6.04 Å². The third kappa shape index (κ3) is 4.18. The van der Waals surface area contributed by atoms with Gasteiger partial charge in [0.25, 0.3) is 0 Å². The van der Waals surface area contributed by atoms with Crippen molar-refractivity contribution in [1.29, 1.82) is 0 Å². The van der Waals surface area contributed by atoms with Gasteiger partial charge in [0.05, 0.1) is 5.69 Å². The highest BCUT2D eigenvalue weighted by Crippen LogP contribution is 2.26. The fourth-order valence-electron chi connectivity index (χ4n) is 2.41. The van der Waals surface area contributed by atoms with Crippen LogP contribution in [0.3, 0.4) is 0 Å². The molecule has 26 heavy (non-hydrogen) atoms. The number of carbonyl (C=O) groups excluding carboxylic acids is 1. The van der Waals surface area contributed by atoms with E-state index in [9.17, 15) is 4.79 Å².